The Kier molecular flexibility index (Phi) is 4.91. The zero-order valence-corrected chi connectivity index (χ0v) is 14.3. The lowest BCUT2D eigenvalue weighted by Crippen LogP contribution is -2.45. The fourth-order valence-corrected chi connectivity index (χ4v) is 3.79. The van der Waals surface area contributed by atoms with Crippen molar-refractivity contribution < 1.29 is 9.53 Å². The number of thiazole rings is 1. The molecule has 2 aromatic rings. The van der Waals surface area contributed by atoms with Gasteiger partial charge in [0.15, 0.2) is 6.10 Å². The average molecular weight is 331 g/mol. The third-order valence-electron chi connectivity index (χ3n) is 4.01. The molecular weight excluding hydrogens is 310 g/mol. The first kappa shape index (κ1) is 15.9. The standard InChI is InChI=1S/C17H21N3O2S/c1-12-11-23-16(19-12)14-5-4-8-20(10-14)17(21)13(2)22-15-6-3-7-18-9-15/h3,6-7,9,11,13-14H,4-5,8,10H2,1-2H3/t13-,14+/m0/s1. The SMILES string of the molecule is Cc1csc([C@@H]2CCCN(C(=O)[C@H](C)Oc3cccnc3)C2)n1. The minimum absolute atomic E-state index is 0.0341. The van der Waals surface area contributed by atoms with Gasteiger partial charge in [-0.25, -0.2) is 4.98 Å². The molecule has 0 unspecified atom stereocenters. The van der Waals surface area contributed by atoms with Crippen molar-refractivity contribution in [3.05, 3.63) is 40.6 Å². The van der Waals surface area contributed by atoms with Gasteiger partial charge < -0.3 is 9.64 Å². The van der Waals surface area contributed by atoms with Crippen LogP contribution in [0.15, 0.2) is 29.9 Å². The number of aryl methyl sites for hydroxylation is 1. The maximum absolute atomic E-state index is 12.6. The monoisotopic (exact) mass is 331 g/mol. The van der Waals surface area contributed by atoms with Gasteiger partial charge in [-0.15, -0.1) is 11.3 Å². The lowest BCUT2D eigenvalue weighted by molar-refractivity contribution is -0.139. The van der Waals surface area contributed by atoms with E-state index >= 15 is 0 Å². The number of carbonyl (C=O) groups excluding carboxylic acids is 1. The lowest BCUT2D eigenvalue weighted by atomic mass is 9.98. The van der Waals surface area contributed by atoms with Gasteiger partial charge in [0.2, 0.25) is 0 Å². The van der Waals surface area contributed by atoms with E-state index in [0.29, 0.717) is 11.7 Å². The first-order valence-corrected chi connectivity index (χ1v) is 8.79. The number of likely N-dealkylation sites (tertiary alicyclic amines) is 1. The molecule has 3 heterocycles. The summed E-state index contributed by atoms with van der Waals surface area (Å²) >= 11 is 1.69. The van der Waals surface area contributed by atoms with Crippen molar-refractivity contribution >= 4 is 17.2 Å². The fourth-order valence-electron chi connectivity index (χ4n) is 2.87. The van der Waals surface area contributed by atoms with E-state index in [1.165, 1.54) is 0 Å². The second-order valence-electron chi connectivity index (χ2n) is 5.90. The van der Waals surface area contributed by atoms with Crippen molar-refractivity contribution in [3.63, 3.8) is 0 Å². The van der Waals surface area contributed by atoms with Crippen LogP contribution in [0, 0.1) is 6.92 Å². The molecule has 0 radical (unpaired) electrons. The van der Waals surface area contributed by atoms with Gasteiger partial charge in [-0.3, -0.25) is 9.78 Å². The van der Waals surface area contributed by atoms with Crippen molar-refractivity contribution in [2.45, 2.75) is 38.7 Å². The molecule has 1 aliphatic heterocycles. The highest BCUT2D eigenvalue weighted by molar-refractivity contribution is 7.09. The summed E-state index contributed by atoms with van der Waals surface area (Å²) in [7, 11) is 0. The second kappa shape index (κ2) is 7.08. The fraction of sp³-hybridized carbons (Fsp3) is 0.471. The molecule has 1 saturated heterocycles. The number of aromatic nitrogens is 2. The molecule has 0 spiro atoms. The molecule has 6 heteroatoms. The topological polar surface area (TPSA) is 55.3 Å². The van der Waals surface area contributed by atoms with Gasteiger partial charge in [-0.2, -0.15) is 0 Å². The van der Waals surface area contributed by atoms with Gasteiger partial charge >= 0.3 is 0 Å². The quantitative estimate of drug-likeness (QED) is 0.864. The van der Waals surface area contributed by atoms with Gasteiger partial charge in [0.05, 0.1) is 11.2 Å². The van der Waals surface area contributed by atoms with Gasteiger partial charge in [0, 0.05) is 36.3 Å². The molecule has 0 N–H and O–H groups in total. The lowest BCUT2D eigenvalue weighted by Gasteiger charge is -2.33. The Hall–Kier alpha value is -1.95. The molecule has 0 saturated carbocycles. The largest absolute Gasteiger partial charge is 0.479 e. The molecule has 1 aliphatic rings. The summed E-state index contributed by atoms with van der Waals surface area (Å²) in [6.45, 7) is 5.33. The summed E-state index contributed by atoms with van der Waals surface area (Å²) in [5, 5.41) is 3.21. The van der Waals surface area contributed by atoms with E-state index < -0.39 is 6.10 Å². The van der Waals surface area contributed by atoms with E-state index in [-0.39, 0.29) is 5.91 Å². The third-order valence-corrected chi connectivity index (χ3v) is 5.14. The summed E-state index contributed by atoms with van der Waals surface area (Å²) in [5.41, 5.74) is 1.06. The van der Waals surface area contributed by atoms with E-state index in [9.17, 15) is 4.79 Å². The highest BCUT2D eigenvalue weighted by atomic mass is 32.1. The van der Waals surface area contributed by atoms with Crippen LogP contribution in [-0.2, 0) is 4.79 Å². The summed E-state index contributed by atoms with van der Waals surface area (Å²) in [6, 6.07) is 3.61. The molecule has 2 aromatic heterocycles. The van der Waals surface area contributed by atoms with E-state index in [2.05, 4.69) is 15.3 Å². The number of carbonyl (C=O) groups is 1. The molecule has 2 atom stereocenters. The van der Waals surface area contributed by atoms with Crippen molar-refractivity contribution in [1.29, 1.82) is 0 Å². The van der Waals surface area contributed by atoms with Crippen LogP contribution < -0.4 is 4.74 Å². The van der Waals surface area contributed by atoms with Crippen LogP contribution in [0.2, 0.25) is 0 Å². The number of rotatable bonds is 4. The van der Waals surface area contributed by atoms with Crippen molar-refractivity contribution in [2.24, 2.45) is 0 Å². The zero-order chi connectivity index (χ0) is 16.2. The van der Waals surface area contributed by atoms with Crippen LogP contribution in [0.5, 0.6) is 5.75 Å². The van der Waals surface area contributed by atoms with Gasteiger partial charge in [-0.1, -0.05) is 0 Å². The van der Waals surface area contributed by atoms with Gasteiger partial charge in [0.1, 0.15) is 5.75 Å². The Labute approximate surface area is 140 Å². The summed E-state index contributed by atoms with van der Waals surface area (Å²) in [5.74, 6) is 1.00. The molecule has 0 aromatic carbocycles. The number of hydrogen-bond acceptors (Lipinski definition) is 5. The summed E-state index contributed by atoms with van der Waals surface area (Å²) in [4.78, 5) is 23.1. The number of ether oxygens (including phenoxy) is 1. The summed E-state index contributed by atoms with van der Waals surface area (Å²) < 4.78 is 5.71. The maximum Gasteiger partial charge on any atom is 0.263 e. The van der Waals surface area contributed by atoms with E-state index in [0.717, 1.165) is 36.6 Å². The van der Waals surface area contributed by atoms with E-state index in [1.807, 2.05) is 17.9 Å². The van der Waals surface area contributed by atoms with Crippen LogP contribution >= 0.6 is 11.3 Å². The molecule has 122 valence electrons. The molecule has 1 fully saturated rings. The predicted molar refractivity (Wildman–Crippen MR) is 89.7 cm³/mol. The first-order valence-electron chi connectivity index (χ1n) is 7.91. The number of hydrogen-bond donors (Lipinski definition) is 0. The van der Waals surface area contributed by atoms with Crippen molar-refractivity contribution in [1.82, 2.24) is 14.9 Å². The van der Waals surface area contributed by atoms with Gasteiger partial charge in [-0.05, 0) is 38.8 Å². The molecule has 3 rings (SSSR count). The Bertz CT molecular complexity index is 659. The third kappa shape index (κ3) is 3.88. The Balaban J connectivity index is 1.62. The normalized spacial score (nSPS) is 19.4. The molecule has 0 aliphatic carbocycles. The van der Waals surface area contributed by atoms with Crippen LogP contribution in [-0.4, -0.2) is 40.0 Å². The molecule has 0 bridgehead atoms. The summed E-state index contributed by atoms with van der Waals surface area (Å²) in [6.07, 6.45) is 4.91. The zero-order valence-electron chi connectivity index (χ0n) is 13.4. The highest BCUT2D eigenvalue weighted by Crippen LogP contribution is 2.29. The predicted octanol–water partition coefficient (Wildman–Crippen LogP) is 3.02. The Morgan fingerprint density at radius 2 is 2.39 bits per heavy atom. The minimum Gasteiger partial charge on any atom is -0.479 e. The van der Waals surface area contributed by atoms with Crippen molar-refractivity contribution in [3.8, 4) is 5.75 Å². The smallest absolute Gasteiger partial charge is 0.263 e. The van der Waals surface area contributed by atoms with Crippen LogP contribution in [0.1, 0.15) is 36.4 Å². The minimum atomic E-state index is -0.504. The van der Waals surface area contributed by atoms with Crippen LogP contribution in [0.4, 0.5) is 0 Å². The van der Waals surface area contributed by atoms with E-state index in [4.69, 9.17) is 4.74 Å². The van der Waals surface area contributed by atoms with E-state index in [1.54, 1.807) is 36.7 Å². The highest BCUT2D eigenvalue weighted by Gasteiger charge is 2.29. The number of pyridine rings is 1. The van der Waals surface area contributed by atoms with Crippen molar-refractivity contribution in [2.75, 3.05) is 13.1 Å². The number of piperidine rings is 1. The van der Waals surface area contributed by atoms with Gasteiger partial charge in [0.25, 0.3) is 5.91 Å². The van der Waals surface area contributed by atoms with Crippen LogP contribution in [0.25, 0.3) is 0 Å². The molecule has 5 nitrogen and oxygen atoms in total. The first-order chi connectivity index (χ1) is 11.1. The number of amides is 1. The second-order valence-corrected chi connectivity index (χ2v) is 6.79. The average Bonchev–Trinajstić information content (AvgIpc) is 3.02. The molecular formula is C17H21N3O2S. The van der Waals surface area contributed by atoms with Crippen LogP contribution in [0.3, 0.4) is 0 Å². The Morgan fingerprint density at radius 1 is 1.52 bits per heavy atom. The molecule has 23 heavy (non-hydrogen) atoms. The number of nitrogens with zero attached hydrogens (tertiary/aromatic N) is 3. The Morgan fingerprint density at radius 3 is 3.09 bits per heavy atom. The maximum atomic E-state index is 12.6. The molecule has 1 amide bonds.